The van der Waals surface area contributed by atoms with E-state index in [2.05, 4.69) is 15.4 Å². The summed E-state index contributed by atoms with van der Waals surface area (Å²) in [7, 11) is 0. The zero-order valence-corrected chi connectivity index (χ0v) is 15.5. The number of nitrogens with two attached hydrogens (primary N) is 3. The van der Waals surface area contributed by atoms with Gasteiger partial charge in [0.2, 0.25) is 12.8 Å². The molecule has 1 aliphatic carbocycles. The summed E-state index contributed by atoms with van der Waals surface area (Å²) in [6, 6.07) is 5.65. The molecule has 4 aliphatic rings. The minimum absolute atomic E-state index is 0.199. The number of aliphatic imine (C=N–C) groups is 1. The third kappa shape index (κ3) is 2.84. The number of halogens is 1. The molecule has 1 unspecified atom stereocenters. The molecule has 0 fully saturated rings. The first kappa shape index (κ1) is 17.7. The highest BCUT2D eigenvalue weighted by Crippen LogP contribution is 2.40. The Morgan fingerprint density at radius 3 is 2.93 bits per heavy atom. The molecule has 1 atom stereocenters. The smallest absolute Gasteiger partial charge is 0.231 e. The summed E-state index contributed by atoms with van der Waals surface area (Å²) in [6.07, 6.45) is 3.48. The Morgan fingerprint density at radius 1 is 1.28 bits per heavy atom. The predicted molar refractivity (Wildman–Crippen MR) is 105 cm³/mol. The molecule has 7 N–H and O–H groups in total. The Hall–Kier alpha value is -3.37. The van der Waals surface area contributed by atoms with Crippen LogP contribution in [0.3, 0.4) is 0 Å². The van der Waals surface area contributed by atoms with E-state index in [1.54, 1.807) is 5.01 Å². The first-order chi connectivity index (χ1) is 14.0. The maximum atomic E-state index is 14.4. The lowest BCUT2D eigenvalue weighted by atomic mass is 9.80. The predicted octanol–water partition coefficient (Wildman–Crippen LogP) is 0.514. The number of fused-ring (bicyclic) bond motifs is 3. The minimum Gasteiger partial charge on any atom is -0.454 e. The molecule has 10 heteroatoms. The van der Waals surface area contributed by atoms with Gasteiger partial charge in [0.1, 0.15) is 17.5 Å². The second-order valence-electron chi connectivity index (χ2n) is 7.18. The molecule has 1 aromatic rings. The number of guanidine groups is 1. The summed E-state index contributed by atoms with van der Waals surface area (Å²) in [5, 5.41) is 8.99. The highest BCUT2D eigenvalue weighted by Gasteiger charge is 2.42. The third-order valence-electron chi connectivity index (χ3n) is 5.15. The second-order valence-corrected chi connectivity index (χ2v) is 7.18. The lowest BCUT2D eigenvalue weighted by molar-refractivity contribution is 0.174. The van der Waals surface area contributed by atoms with Crippen LogP contribution in [0, 0.1) is 0 Å². The number of hydrogen-bond acceptors (Lipinski definition) is 9. The Morgan fingerprint density at radius 2 is 2.10 bits per heavy atom. The number of hydrogen-bond donors (Lipinski definition) is 4. The first-order valence-electron chi connectivity index (χ1n) is 9.18. The molecule has 0 amide bonds. The van der Waals surface area contributed by atoms with E-state index in [0.29, 0.717) is 47.3 Å². The van der Waals surface area contributed by atoms with Crippen LogP contribution in [0.1, 0.15) is 12.0 Å². The van der Waals surface area contributed by atoms with Gasteiger partial charge >= 0.3 is 0 Å². The van der Waals surface area contributed by atoms with Crippen molar-refractivity contribution in [2.45, 2.75) is 18.4 Å². The van der Waals surface area contributed by atoms with E-state index in [1.165, 1.54) is 12.2 Å². The Labute approximate surface area is 166 Å². The van der Waals surface area contributed by atoms with Crippen molar-refractivity contribution in [3.8, 4) is 11.5 Å². The van der Waals surface area contributed by atoms with E-state index >= 15 is 0 Å². The standard InChI is InChI=1S/C19H20FN7O2/c20-11-7-12-16(19(23,8-11)3-4-21)17-25-18(22)26-27(17)15(24-12)6-10-1-2-13-14(5-10)29-9-28-13/h1-2,5,7-8H,3-4,6,9,21,23H2,(H3,22,25,26). The van der Waals surface area contributed by atoms with Crippen molar-refractivity contribution in [3.63, 3.8) is 0 Å². The summed E-state index contributed by atoms with van der Waals surface area (Å²) in [6.45, 7) is 0.486. The average molecular weight is 397 g/mol. The number of rotatable bonds is 4. The zero-order chi connectivity index (χ0) is 20.2. The second kappa shape index (κ2) is 6.33. The molecule has 0 aromatic heterocycles. The number of nitrogens with one attached hydrogen (secondary N) is 1. The van der Waals surface area contributed by atoms with Crippen LogP contribution in [0.4, 0.5) is 4.39 Å². The molecule has 29 heavy (non-hydrogen) atoms. The topological polar surface area (TPSA) is 137 Å². The molecule has 1 aromatic carbocycles. The van der Waals surface area contributed by atoms with Gasteiger partial charge in [0.05, 0.1) is 11.2 Å². The fourth-order valence-corrected chi connectivity index (χ4v) is 3.91. The van der Waals surface area contributed by atoms with Crippen molar-refractivity contribution < 1.29 is 13.9 Å². The molecule has 0 radical (unpaired) electrons. The largest absolute Gasteiger partial charge is 0.454 e. The molecule has 0 saturated heterocycles. The van der Waals surface area contributed by atoms with Crippen molar-refractivity contribution in [1.82, 2.24) is 10.3 Å². The van der Waals surface area contributed by atoms with Crippen molar-refractivity contribution >= 4 is 11.8 Å². The number of allylic oxidation sites excluding steroid dienone is 2. The monoisotopic (exact) mass is 397 g/mol. The van der Waals surface area contributed by atoms with Crippen LogP contribution in [-0.4, -0.2) is 35.7 Å². The van der Waals surface area contributed by atoms with Crippen molar-refractivity contribution in [3.05, 3.63) is 58.8 Å². The van der Waals surface area contributed by atoms with Gasteiger partial charge in [-0.3, -0.25) is 0 Å². The lowest BCUT2D eigenvalue weighted by Crippen LogP contribution is -2.48. The van der Waals surface area contributed by atoms with Crippen LogP contribution in [0.5, 0.6) is 11.5 Å². The molecular weight excluding hydrogens is 377 g/mol. The van der Waals surface area contributed by atoms with E-state index in [9.17, 15) is 4.39 Å². The van der Waals surface area contributed by atoms with Crippen molar-refractivity contribution in [1.29, 1.82) is 0 Å². The van der Waals surface area contributed by atoms with Crippen LogP contribution in [-0.2, 0) is 6.42 Å². The molecule has 3 aliphatic heterocycles. The minimum atomic E-state index is -1.11. The number of nitrogens with zero attached hydrogens (tertiary/aromatic N) is 3. The van der Waals surface area contributed by atoms with Crippen LogP contribution in [0.25, 0.3) is 0 Å². The molecule has 9 nitrogen and oxygen atoms in total. The van der Waals surface area contributed by atoms with Crippen LogP contribution in [0.2, 0.25) is 0 Å². The molecule has 0 spiro atoms. The molecule has 150 valence electrons. The van der Waals surface area contributed by atoms with Gasteiger partial charge in [-0.15, -0.1) is 5.10 Å². The molecular formula is C19H20FN7O2. The summed E-state index contributed by atoms with van der Waals surface area (Å²) in [4.78, 5) is 4.67. The van der Waals surface area contributed by atoms with Crippen molar-refractivity contribution in [2.75, 3.05) is 13.3 Å². The van der Waals surface area contributed by atoms with E-state index in [4.69, 9.17) is 26.7 Å². The van der Waals surface area contributed by atoms with Gasteiger partial charge in [0.15, 0.2) is 11.5 Å². The summed E-state index contributed by atoms with van der Waals surface area (Å²) in [5.74, 6) is 2.27. The van der Waals surface area contributed by atoms with Crippen molar-refractivity contribution in [2.24, 2.45) is 27.3 Å². The molecule has 0 bridgehead atoms. The molecule has 5 rings (SSSR count). The van der Waals surface area contributed by atoms with Gasteiger partial charge in [0, 0.05) is 12.0 Å². The lowest BCUT2D eigenvalue weighted by Gasteiger charge is -2.37. The van der Waals surface area contributed by atoms with Crippen LogP contribution < -0.4 is 32.0 Å². The number of amidine groups is 1. The molecule has 0 saturated carbocycles. The highest BCUT2D eigenvalue weighted by atomic mass is 19.1. The Kier molecular flexibility index (Phi) is 3.86. The van der Waals surface area contributed by atoms with E-state index in [0.717, 1.165) is 5.56 Å². The quantitative estimate of drug-likeness (QED) is 0.581. The number of benzene rings is 1. The maximum Gasteiger partial charge on any atom is 0.231 e. The average Bonchev–Trinajstić information content (AvgIpc) is 3.26. The fraction of sp³-hybridized carbons (Fsp3) is 0.263. The van der Waals surface area contributed by atoms with Gasteiger partial charge < -0.3 is 32.0 Å². The third-order valence-corrected chi connectivity index (χ3v) is 5.15. The van der Waals surface area contributed by atoms with Gasteiger partial charge in [-0.2, -0.15) is 5.01 Å². The fourth-order valence-electron chi connectivity index (χ4n) is 3.91. The van der Waals surface area contributed by atoms with E-state index in [-0.39, 0.29) is 19.3 Å². The van der Waals surface area contributed by atoms with Crippen LogP contribution in [0.15, 0.2) is 63.4 Å². The van der Waals surface area contributed by atoms with E-state index in [1.807, 2.05) is 18.2 Å². The van der Waals surface area contributed by atoms with Gasteiger partial charge in [-0.05, 0) is 42.8 Å². The highest BCUT2D eigenvalue weighted by molar-refractivity contribution is 5.95. The molecule has 3 heterocycles. The Balaban J connectivity index is 1.56. The van der Waals surface area contributed by atoms with Gasteiger partial charge in [0.25, 0.3) is 0 Å². The summed E-state index contributed by atoms with van der Waals surface area (Å²) < 4.78 is 25.2. The zero-order valence-electron chi connectivity index (χ0n) is 15.5. The summed E-state index contributed by atoms with van der Waals surface area (Å²) >= 11 is 0. The number of hydrazone groups is 1. The SMILES string of the molecule is NCCC1(N)C=C(F)C=C2N=C(Cc3ccc4c(c3)OCO4)N3N=C(N)NC3=C21. The van der Waals surface area contributed by atoms with Gasteiger partial charge in [-0.1, -0.05) is 6.07 Å². The van der Waals surface area contributed by atoms with Gasteiger partial charge in [-0.25, -0.2) is 9.38 Å². The van der Waals surface area contributed by atoms with E-state index < -0.39 is 11.4 Å². The normalized spacial score (nSPS) is 24.3. The number of ether oxygens (including phenoxy) is 2. The van der Waals surface area contributed by atoms with Crippen LogP contribution >= 0.6 is 0 Å². The maximum absolute atomic E-state index is 14.4. The Bertz CT molecular complexity index is 1060. The first-order valence-corrected chi connectivity index (χ1v) is 9.18. The summed E-state index contributed by atoms with van der Waals surface area (Å²) in [5.41, 5.74) is 19.1.